The van der Waals surface area contributed by atoms with E-state index in [1.54, 1.807) is 0 Å². The third kappa shape index (κ3) is 2.22. The van der Waals surface area contributed by atoms with Gasteiger partial charge in [-0.3, -0.25) is 0 Å². The average molecular weight is 187 g/mol. The van der Waals surface area contributed by atoms with Crippen LogP contribution in [-0.2, 0) is 4.74 Å². The van der Waals surface area contributed by atoms with Crippen LogP contribution in [0.15, 0.2) is 0 Å². The van der Waals surface area contributed by atoms with Crippen molar-refractivity contribution in [3.05, 3.63) is 0 Å². The number of aliphatic hydroxyl groups excluding tert-OH is 1. The second-order valence-electron chi connectivity index (χ2n) is 4.82. The van der Waals surface area contributed by atoms with Crippen LogP contribution in [0.5, 0.6) is 0 Å². The average Bonchev–Trinajstić information content (AvgIpc) is 2.27. The maximum atomic E-state index is 9.46. The van der Waals surface area contributed by atoms with Gasteiger partial charge in [0.1, 0.15) is 0 Å². The number of hydrogen-bond donors (Lipinski definition) is 2. The molecule has 0 aromatic heterocycles. The molecule has 1 aliphatic heterocycles. The van der Waals surface area contributed by atoms with Crippen LogP contribution in [0.25, 0.3) is 0 Å². The Hall–Kier alpha value is -0.120. The summed E-state index contributed by atoms with van der Waals surface area (Å²) in [6.07, 6.45) is 1.03. The van der Waals surface area contributed by atoms with Crippen molar-refractivity contribution >= 4 is 0 Å². The molecular formula is C10H21NO2. The molecule has 0 radical (unpaired) electrons. The number of ether oxygens (including phenoxy) is 1. The Bertz CT molecular complexity index is 155. The Morgan fingerprint density at radius 3 is 2.69 bits per heavy atom. The van der Waals surface area contributed by atoms with Crippen LogP contribution in [-0.4, -0.2) is 37.0 Å². The van der Waals surface area contributed by atoms with Crippen molar-refractivity contribution in [1.82, 2.24) is 5.32 Å². The van der Waals surface area contributed by atoms with Crippen molar-refractivity contribution < 1.29 is 9.84 Å². The van der Waals surface area contributed by atoms with Crippen LogP contribution in [0.1, 0.15) is 27.2 Å². The summed E-state index contributed by atoms with van der Waals surface area (Å²) in [4.78, 5) is 0. The summed E-state index contributed by atoms with van der Waals surface area (Å²) in [5.74, 6) is 0. The van der Waals surface area contributed by atoms with E-state index in [0.717, 1.165) is 19.6 Å². The first-order valence-electron chi connectivity index (χ1n) is 4.95. The molecule has 1 rings (SSSR count). The molecule has 0 saturated carbocycles. The van der Waals surface area contributed by atoms with Gasteiger partial charge in [-0.05, 0) is 18.4 Å². The Morgan fingerprint density at radius 2 is 2.15 bits per heavy atom. The van der Waals surface area contributed by atoms with E-state index in [1.165, 1.54) is 0 Å². The molecule has 2 N–H and O–H groups in total. The van der Waals surface area contributed by atoms with Gasteiger partial charge in [0.05, 0.1) is 18.8 Å². The lowest BCUT2D eigenvalue weighted by molar-refractivity contribution is -0.00504. The summed E-state index contributed by atoms with van der Waals surface area (Å²) >= 11 is 0. The molecule has 0 aliphatic carbocycles. The van der Waals surface area contributed by atoms with Crippen molar-refractivity contribution in [1.29, 1.82) is 0 Å². The predicted octanol–water partition coefficient (Wildman–Crippen LogP) is 0.773. The lowest BCUT2D eigenvalue weighted by atomic mass is 9.74. The molecule has 0 aromatic rings. The van der Waals surface area contributed by atoms with Crippen LogP contribution < -0.4 is 5.32 Å². The molecule has 3 heteroatoms. The van der Waals surface area contributed by atoms with E-state index in [9.17, 15) is 5.11 Å². The quantitative estimate of drug-likeness (QED) is 0.637. The predicted molar refractivity (Wildman–Crippen MR) is 52.7 cm³/mol. The zero-order valence-electron chi connectivity index (χ0n) is 8.89. The number of nitrogens with one attached hydrogen (secondary N) is 1. The number of rotatable bonds is 1. The zero-order chi connectivity index (χ0) is 9.95. The fourth-order valence-corrected chi connectivity index (χ4v) is 1.62. The third-order valence-corrected chi connectivity index (χ3v) is 2.98. The van der Waals surface area contributed by atoms with Gasteiger partial charge in [0.25, 0.3) is 0 Å². The Morgan fingerprint density at radius 1 is 1.46 bits per heavy atom. The molecule has 13 heavy (non-hydrogen) atoms. The zero-order valence-corrected chi connectivity index (χ0v) is 8.89. The minimum absolute atomic E-state index is 0.0199. The normalized spacial score (nSPS) is 31.4. The Balaban J connectivity index is 2.76. The fraction of sp³-hybridized carbons (Fsp3) is 1.00. The molecule has 1 saturated heterocycles. The standard InChI is InChI=1S/C10H21NO2/c1-9(2,3)10(7-12)8-13-6-4-5-11-10/h11-12H,4-8H2,1-3H3. The maximum absolute atomic E-state index is 9.46. The van der Waals surface area contributed by atoms with Crippen LogP contribution >= 0.6 is 0 Å². The molecule has 0 amide bonds. The maximum Gasteiger partial charge on any atom is 0.0699 e. The van der Waals surface area contributed by atoms with E-state index in [2.05, 4.69) is 26.1 Å². The Kier molecular flexibility index (Phi) is 3.33. The third-order valence-electron chi connectivity index (χ3n) is 2.98. The monoisotopic (exact) mass is 187 g/mol. The molecule has 0 spiro atoms. The topological polar surface area (TPSA) is 41.5 Å². The van der Waals surface area contributed by atoms with Crippen LogP contribution in [0.2, 0.25) is 0 Å². The smallest absolute Gasteiger partial charge is 0.0699 e. The van der Waals surface area contributed by atoms with Gasteiger partial charge < -0.3 is 15.2 Å². The molecule has 78 valence electrons. The van der Waals surface area contributed by atoms with E-state index in [1.807, 2.05) is 0 Å². The van der Waals surface area contributed by atoms with E-state index in [-0.39, 0.29) is 17.6 Å². The molecule has 3 nitrogen and oxygen atoms in total. The van der Waals surface area contributed by atoms with E-state index < -0.39 is 0 Å². The molecule has 1 heterocycles. The highest BCUT2D eigenvalue weighted by atomic mass is 16.5. The fourth-order valence-electron chi connectivity index (χ4n) is 1.62. The molecule has 1 fully saturated rings. The highest BCUT2D eigenvalue weighted by molar-refractivity contribution is 4.98. The van der Waals surface area contributed by atoms with Gasteiger partial charge in [0, 0.05) is 6.61 Å². The van der Waals surface area contributed by atoms with Gasteiger partial charge in [0.2, 0.25) is 0 Å². The molecule has 1 unspecified atom stereocenters. The molecular weight excluding hydrogens is 166 g/mol. The largest absolute Gasteiger partial charge is 0.394 e. The van der Waals surface area contributed by atoms with Gasteiger partial charge in [-0.2, -0.15) is 0 Å². The minimum Gasteiger partial charge on any atom is -0.394 e. The van der Waals surface area contributed by atoms with Crippen molar-refractivity contribution in [2.75, 3.05) is 26.4 Å². The van der Waals surface area contributed by atoms with Crippen molar-refractivity contribution in [2.24, 2.45) is 5.41 Å². The van der Waals surface area contributed by atoms with Gasteiger partial charge in [-0.25, -0.2) is 0 Å². The van der Waals surface area contributed by atoms with Crippen LogP contribution in [0.3, 0.4) is 0 Å². The van der Waals surface area contributed by atoms with Gasteiger partial charge in [-0.1, -0.05) is 20.8 Å². The summed E-state index contributed by atoms with van der Waals surface area (Å²) < 4.78 is 5.51. The summed E-state index contributed by atoms with van der Waals surface area (Å²) in [6, 6.07) is 0. The lowest BCUT2D eigenvalue weighted by Gasteiger charge is -2.43. The first-order valence-corrected chi connectivity index (χ1v) is 4.95. The summed E-state index contributed by atoms with van der Waals surface area (Å²) in [5.41, 5.74) is -0.254. The van der Waals surface area contributed by atoms with Crippen molar-refractivity contribution in [3.63, 3.8) is 0 Å². The first kappa shape index (κ1) is 11.0. The van der Waals surface area contributed by atoms with Gasteiger partial charge >= 0.3 is 0 Å². The van der Waals surface area contributed by atoms with Crippen LogP contribution in [0.4, 0.5) is 0 Å². The highest BCUT2D eigenvalue weighted by Gasteiger charge is 2.42. The van der Waals surface area contributed by atoms with E-state index in [0.29, 0.717) is 6.61 Å². The summed E-state index contributed by atoms with van der Waals surface area (Å²) in [7, 11) is 0. The van der Waals surface area contributed by atoms with Gasteiger partial charge in [-0.15, -0.1) is 0 Å². The van der Waals surface area contributed by atoms with Crippen molar-refractivity contribution in [2.45, 2.75) is 32.7 Å². The SMILES string of the molecule is CC(C)(C)C1(CO)COCCCN1. The first-order chi connectivity index (χ1) is 6.02. The van der Waals surface area contributed by atoms with E-state index in [4.69, 9.17) is 4.74 Å². The van der Waals surface area contributed by atoms with Crippen LogP contribution in [0, 0.1) is 5.41 Å². The molecule has 1 atom stereocenters. The summed E-state index contributed by atoms with van der Waals surface area (Å²) in [5, 5.41) is 12.9. The molecule has 1 aliphatic rings. The van der Waals surface area contributed by atoms with E-state index >= 15 is 0 Å². The molecule has 0 bridgehead atoms. The molecule has 0 aromatic carbocycles. The van der Waals surface area contributed by atoms with Gasteiger partial charge in [0.15, 0.2) is 0 Å². The number of aliphatic hydroxyl groups is 1. The second-order valence-corrected chi connectivity index (χ2v) is 4.82. The van der Waals surface area contributed by atoms with Crippen molar-refractivity contribution in [3.8, 4) is 0 Å². The minimum atomic E-state index is -0.274. The number of hydrogen-bond acceptors (Lipinski definition) is 3. The summed E-state index contributed by atoms with van der Waals surface area (Å²) in [6.45, 7) is 8.85. The second kappa shape index (κ2) is 3.95. The highest BCUT2D eigenvalue weighted by Crippen LogP contribution is 2.31. The lowest BCUT2D eigenvalue weighted by Crippen LogP contribution is -2.60. The Labute approximate surface area is 80.5 Å².